The molecule has 0 spiro atoms. The molecule has 0 unspecified atom stereocenters. The lowest BCUT2D eigenvalue weighted by atomic mass is 9.84. The molecule has 0 saturated carbocycles. The second-order valence-corrected chi connectivity index (χ2v) is 7.91. The van der Waals surface area contributed by atoms with Crippen LogP contribution in [-0.4, -0.2) is 24.2 Å². The van der Waals surface area contributed by atoms with E-state index in [4.69, 9.17) is 9.31 Å². The molecule has 1 aliphatic rings. The lowest BCUT2D eigenvalue weighted by Gasteiger charge is -2.32. The van der Waals surface area contributed by atoms with Crippen LogP contribution in [0.5, 0.6) is 0 Å². The largest absolute Gasteiger partial charge is 0.525 e. The van der Waals surface area contributed by atoms with Crippen LogP contribution in [0.3, 0.4) is 0 Å². The number of carbonyl (C=O) groups excluding carboxylic acids is 1. The SMILES string of the molecule is CC(=O)NCc1ccc(C(C)=C(F)B2OC(C)(C)C(C)(C)O2)s1. The Labute approximate surface area is 141 Å². The Balaban J connectivity index is 2.17. The smallest absolute Gasteiger partial charge is 0.398 e. The molecule has 4 nitrogen and oxygen atoms in total. The van der Waals surface area contributed by atoms with Crippen molar-refractivity contribution in [3.8, 4) is 0 Å². The van der Waals surface area contributed by atoms with E-state index in [1.54, 1.807) is 6.92 Å². The topological polar surface area (TPSA) is 47.6 Å². The van der Waals surface area contributed by atoms with Gasteiger partial charge in [0, 0.05) is 16.7 Å². The summed E-state index contributed by atoms with van der Waals surface area (Å²) in [6.45, 7) is 11.2. The van der Waals surface area contributed by atoms with E-state index in [-0.39, 0.29) is 5.91 Å². The highest BCUT2D eigenvalue weighted by molar-refractivity contribution is 7.13. The zero-order valence-corrected chi connectivity index (χ0v) is 15.3. The van der Waals surface area contributed by atoms with Crippen LogP contribution in [0.15, 0.2) is 17.9 Å². The Morgan fingerprint density at radius 1 is 1.22 bits per heavy atom. The Kier molecular flexibility index (Phi) is 5.04. The van der Waals surface area contributed by atoms with Gasteiger partial charge in [-0.25, -0.2) is 4.39 Å². The predicted octanol–water partition coefficient (Wildman–Crippen LogP) is 3.72. The Morgan fingerprint density at radius 3 is 2.30 bits per heavy atom. The first-order valence-electron chi connectivity index (χ1n) is 7.59. The molecule has 1 saturated heterocycles. The Bertz CT molecular complexity index is 623. The summed E-state index contributed by atoms with van der Waals surface area (Å²) in [5.74, 6) is -0.0874. The van der Waals surface area contributed by atoms with Crippen molar-refractivity contribution >= 4 is 29.9 Å². The molecule has 1 aromatic rings. The first-order valence-corrected chi connectivity index (χ1v) is 8.40. The second kappa shape index (κ2) is 6.38. The molecule has 0 aromatic carbocycles. The zero-order valence-electron chi connectivity index (χ0n) is 14.5. The standard InChI is InChI=1S/C16H23BFNO3S/c1-10(13-8-7-12(23-13)9-19-11(2)20)14(18)17-21-15(3,4)16(5,6)22-17/h7-8H,9H2,1-6H3,(H,19,20). The maximum absolute atomic E-state index is 14.8. The summed E-state index contributed by atoms with van der Waals surface area (Å²) in [6.07, 6.45) is 0. The molecule has 7 heteroatoms. The van der Waals surface area contributed by atoms with Gasteiger partial charge in [-0.2, -0.15) is 0 Å². The van der Waals surface area contributed by atoms with Gasteiger partial charge in [0.25, 0.3) is 0 Å². The van der Waals surface area contributed by atoms with Gasteiger partial charge in [0.05, 0.1) is 17.7 Å². The summed E-state index contributed by atoms with van der Waals surface area (Å²) in [6, 6.07) is 3.74. The van der Waals surface area contributed by atoms with Gasteiger partial charge in [0.1, 0.15) is 5.73 Å². The van der Waals surface area contributed by atoms with Crippen LogP contribution < -0.4 is 5.32 Å². The first kappa shape index (κ1) is 18.2. The van der Waals surface area contributed by atoms with Gasteiger partial charge < -0.3 is 14.6 Å². The maximum Gasteiger partial charge on any atom is 0.525 e. The number of hydrogen-bond donors (Lipinski definition) is 1. The van der Waals surface area contributed by atoms with Gasteiger partial charge in [-0.05, 0) is 52.3 Å². The number of allylic oxidation sites excluding steroid dienone is 1. The van der Waals surface area contributed by atoms with E-state index in [1.807, 2.05) is 39.8 Å². The third-order valence-corrected chi connectivity index (χ3v) is 5.57. The van der Waals surface area contributed by atoms with Gasteiger partial charge in [-0.15, -0.1) is 11.3 Å². The molecule has 2 heterocycles. The fraction of sp³-hybridized carbons (Fsp3) is 0.562. The van der Waals surface area contributed by atoms with Gasteiger partial charge in [0.2, 0.25) is 5.91 Å². The van der Waals surface area contributed by atoms with Crippen molar-refractivity contribution in [3.05, 3.63) is 27.6 Å². The molecular weight excluding hydrogens is 316 g/mol. The number of rotatable bonds is 4. The molecule has 0 atom stereocenters. The molecule has 1 aliphatic heterocycles. The minimum Gasteiger partial charge on any atom is -0.398 e. The molecule has 0 radical (unpaired) electrons. The number of thiophene rings is 1. The average molecular weight is 339 g/mol. The van der Waals surface area contributed by atoms with E-state index >= 15 is 0 Å². The zero-order chi connectivity index (χ0) is 17.4. The van der Waals surface area contributed by atoms with Crippen LogP contribution in [0.1, 0.15) is 51.3 Å². The van der Waals surface area contributed by atoms with Crippen molar-refractivity contribution in [2.24, 2.45) is 0 Å². The summed E-state index contributed by atoms with van der Waals surface area (Å²) >= 11 is 1.45. The summed E-state index contributed by atoms with van der Waals surface area (Å²) in [7, 11) is -0.985. The van der Waals surface area contributed by atoms with Crippen molar-refractivity contribution in [2.75, 3.05) is 0 Å². The lowest BCUT2D eigenvalue weighted by Crippen LogP contribution is -2.41. The molecule has 1 N–H and O–H groups in total. The van der Waals surface area contributed by atoms with E-state index < -0.39 is 24.0 Å². The fourth-order valence-corrected chi connectivity index (χ4v) is 3.08. The quantitative estimate of drug-likeness (QED) is 0.851. The molecule has 0 bridgehead atoms. The van der Waals surface area contributed by atoms with Crippen LogP contribution in [0, 0.1) is 0 Å². The van der Waals surface area contributed by atoms with E-state index in [1.165, 1.54) is 18.3 Å². The van der Waals surface area contributed by atoms with Gasteiger partial charge in [-0.1, -0.05) is 0 Å². The van der Waals surface area contributed by atoms with E-state index in [9.17, 15) is 9.18 Å². The summed E-state index contributed by atoms with van der Waals surface area (Å²) in [5, 5.41) is 2.73. The van der Waals surface area contributed by atoms with E-state index in [0.29, 0.717) is 12.1 Å². The number of carbonyl (C=O) groups is 1. The molecule has 1 aromatic heterocycles. The molecule has 23 heavy (non-hydrogen) atoms. The van der Waals surface area contributed by atoms with Crippen LogP contribution >= 0.6 is 11.3 Å². The molecule has 1 amide bonds. The Morgan fingerprint density at radius 2 is 1.78 bits per heavy atom. The number of amides is 1. The van der Waals surface area contributed by atoms with Gasteiger partial charge >= 0.3 is 7.12 Å². The first-order chi connectivity index (χ1) is 10.5. The second-order valence-electron chi connectivity index (χ2n) is 6.74. The van der Waals surface area contributed by atoms with E-state index in [2.05, 4.69) is 5.32 Å². The summed E-state index contributed by atoms with van der Waals surface area (Å²) < 4.78 is 26.3. The van der Waals surface area contributed by atoms with Crippen LogP contribution in [0.2, 0.25) is 0 Å². The summed E-state index contributed by atoms with van der Waals surface area (Å²) in [5.41, 5.74) is -1.04. The van der Waals surface area contributed by atoms with Crippen molar-refractivity contribution in [3.63, 3.8) is 0 Å². The maximum atomic E-state index is 14.8. The minimum atomic E-state index is -0.985. The molecule has 1 fully saturated rings. The van der Waals surface area contributed by atoms with Gasteiger partial charge in [-0.3, -0.25) is 4.79 Å². The van der Waals surface area contributed by atoms with Crippen molar-refractivity contribution in [1.29, 1.82) is 0 Å². The third kappa shape index (κ3) is 3.84. The number of nitrogens with one attached hydrogen (secondary N) is 1. The van der Waals surface area contributed by atoms with Crippen LogP contribution in [-0.2, 0) is 20.6 Å². The van der Waals surface area contributed by atoms with Crippen molar-refractivity contribution in [1.82, 2.24) is 5.32 Å². The van der Waals surface area contributed by atoms with Crippen molar-refractivity contribution in [2.45, 2.75) is 59.3 Å². The van der Waals surface area contributed by atoms with Gasteiger partial charge in [0.15, 0.2) is 0 Å². The molecule has 126 valence electrons. The Hall–Kier alpha value is -1.18. The highest BCUT2D eigenvalue weighted by Crippen LogP contribution is 2.40. The lowest BCUT2D eigenvalue weighted by molar-refractivity contribution is -0.119. The van der Waals surface area contributed by atoms with E-state index in [0.717, 1.165) is 9.75 Å². The molecule has 2 rings (SSSR count). The minimum absolute atomic E-state index is 0.0874. The number of halogens is 1. The normalized spacial score (nSPS) is 20.4. The number of hydrogen-bond acceptors (Lipinski definition) is 4. The fourth-order valence-electron chi connectivity index (χ4n) is 2.13. The van der Waals surface area contributed by atoms with Crippen molar-refractivity contribution < 1.29 is 18.5 Å². The predicted molar refractivity (Wildman–Crippen MR) is 91.6 cm³/mol. The molecule has 0 aliphatic carbocycles. The monoisotopic (exact) mass is 339 g/mol. The third-order valence-electron chi connectivity index (χ3n) is 4.36. The highest BCUT2D eigenvalue weighted by Gasteiger charge is 2.53. The summed E-state index contributed by atoms with van der Waals surface area (Å²) in [4.78, 5) is 12.7. The molecular formula is C16H23BFNO3S. The van der Waals surface area contributed by atoms with Crippen LogP contribution in [0.4, 0.5) is 4.39 Å². The highest BCUT2D eigenvalue weighted by atomic mass is 32.1. The van der Waals surface area contributed by atoms with Crippen LogP contribution in [0.25, 0.3) is 5.57 Å². The average Bonchev–Trinajstić information content (AvgIpc) is 2.98.